The molecule has 1 fully saturated rings. The zero-order valence-corrected chi connectivity index (χ0v) is 15.8. The van der Waals surface area contributed by atoms with E-state index >= 15 is 0 Å². The van der Waals surface area contributed by atoms with Crippen molar-refractivity contribution in [3.63, 3.8) is 0 Å². The van der Waals surface area contributed by atoms with Gasteiger partial charge in [0.2, 0.25) is 5.91 Å². The molecule has 2 aromatic heterocycles. The molecule has 0 radical (unpaired) electrons. The molecule has 0 spiro atoms. The Kier molecular flexibility index (Phi) is 5.82. The molecule has 0 aliphatic carbocycles. The van der Waals surface area contributed by atoms with Crippen LogP contribution in [0.25, 0.3) is 0 Å². The first-order valence-corrected chi connectivity index (χ1v) is 9.29. The van der Waals surface area contributed by atoms with Crippen LogP contribution in [0.2, 0.25) is 0 Å². The third-order valence-corrected chi connectivity index (χ3v) is 5.43. The molecule has 7 nitrogen and oxygen atoms in total. The second-order valence-corrected chi connectivity index (χ2v) is 7.73. The average Bonchev–Trinajstić information content (AvgIpc) is 3.25. The Morgan fingerprint density at radius 1 is 1.44 bits per heavy atom. The van der Waals surface area contributed by atoms with Crippen LogP contribution in [0.15, 0.2) is 18.6 Å². The summed E-state index contributed by atoms with van der Waals surface area (Å²) in [5, 5.41) is 8.86. The lowest BCUT2D eigenvalue weighted by Crippen LogP contribution is -2.33. The van der Waals surface area contributed by atoms with Gasteiger partial charge in [-0.3, -0.25) is 9.48 Å². The maximum absolute atomic E-state index is 12.5. The van der Waals surface area contributed by atoms with Gasteiger partial charge in [-0.15, -0.1) is 11.3 Å². The number of ether oxygens (including phenoxy) is 1. The van der Waals surface area contributed by atoms with Gasteiger partial charge in [0.1, 0.15) is 0 Å². The van der Waals surface area contributed by atoms with Gasteiger partial charge in [-0.25, -0.2) is 4.98 Å². The smallest absolute Gasteiger partial charge is 0.223 e. The number of nitrogens with one attached hydrogen (secondary N) is 1. The van der Waals surface area contributed by atoms with Gasteiger partial charge in [0, 0.05) is 69.0 Å². The maximum Gasteiger partial charge on any atom is 0.223 e. The minimum Gasteiger partial charge on any atom is -0.383 e. The summed E-state index contributed by atoms with van der Waals surface area (Å²) in [6.45, 7) is 4.73. The number of likely N-dealkylation sites (tertiary alicyclic amines) is 1. The Morgan fingerprint density at radius 3 is 2.92 bits per heavy atom. The molecule has 0 unspecified atom stereocenters. The van der Waals surface area contributed by atoms with Crippen molar-refractivity contribution in [3.05, 3.63) is 34.0 Å². The van der Waals surface area contributed by atoms with Crippen molar-refractivity contribution < 1.29 is 9.53 Å². The van der Waals surface area contributed by atoms with E-state index in [1.165, 1.54) is 4.88 Å². The van der Waals surface area contributed by atoms with Crippen molar-refractivity contribution >= 4 is 17.2 Å². The number of aromatic nitrogens is 3. The number of amides is 1. The Morgan fingerprint density at radius 2 is 2.28 bits per heavy atom. The second kappa shape index (κ2) is 8.07. The van der Waals surface area contributed by atoms with Crippen LogP contribution in [-0.2, 0) is 23.1 Å². The Labute approximate surface area is 152 Å². The van der Waals surface area contributed by atoms with Gasteiger partial charge in [-0.1, -0.05) is 0 Å². The average molecular weight is 363 g/mol. The molecular formula is C17H25N5O2S. The normalized spacial score (nSPS) is 20.6. The van der Waals surface area contributed by atoms with Gasteiger partial charge >= 0.3 is 0 Å². The summed E-state index contributed by atoms with van der Waals surface area (Å²) in [6.07, 6.45) is 6.33. The number of hydrogen-bond acceptors (Lipinski definition) is 6. The zero-order chi connectivity index (χ0) is 17.8. The predicted molar refractivity (Wildman–Crippen MR) is 96.2 cm³/mol. The highest BCUT2D eigenvalue weighted by Gasteiger charge is 2.40. The Balaban J connectivity index is 1.68. The summed E-state index contributed by atoms with van der Waals surface area (Å²) in [5.41, 5.74) is 1.09. The van der Waals surface area contributed by atoms with Crippen molar-refractivity contribution in [2.24, 2.45) is 13.0 Å². The van der Waals surface area contributed by atoms with Crippen molar-refractivity contribution in [2.75, 3.05) is 26.8 Å². The molecule has 1 saturated heterocycles. The summed E-state index contributed by atoms with van der Waals surface area (Å²) in [5.74, 6) is 0.411. The van der Waals surface area contributed by atoms with E-state index in [4.69, 9.17) is 4.74 Å². The van der Waals surface area contributed by atoms with Crippen LogP contribution < -0.4 is 5.32 Å². The summed E-state index contributed by atoms with van der Waals surface area (Å²) in [4.78, 5) is 20.0. The molecular weight excluding hydrogens is 338 g/mol. The number of thiazole rings is 1. The minimum atomic E-state index is 0.0482. The van der Waals surface area contributed by atoms with Crippen LogP contribution in [0.3, 0.4) is 0 Å². The molecule has 0 bridgehead atoms. The number of rotatable bonds is 8. The van der Waals surface area contributed by atoms with Gasteiger partial charge in [0.15, 0.2) is 0 Å². The van der Waals surface area contributed by atoms with Crippen molar-refractivity contribution in [3.8, 4) is 0 Å². The Bertz CT molecular complexity index is 713. The van der Waals surface area contributed by atoms with E-state index in [-0.39, 0.29) is 17.9 Å². The fraction of sp³-hybridized carbons (Fsp3) is 0.588. The highest BCUT2D eigenvalue weighted by atomic mass is 32.1. The summed E-state index contributed by atoms with van der Waals surface area (Å²) >= 11 is 1.70. The second-order valence-electron chi connectivity index (χ2n) is 6.41. The fourth-order valence-corrected chi connectivity index (χ4v) is 4.18. The molecule has 3 heterocycles. The van der Waals surface area contributed by atoms with Gasteiger partial charge in [-0.2, -0.15) is 5.10 Å². The molecule has 25 heavy (non-hydrogen) atoms. The van der Waals surface area contributed by atoms with Gasteiger partial charge in [0.25, 0.3) is 0 Å². The van der Waals surface area contributed by atoms with E-state index in [0.29, 0.717) is 19.6 Å². The number of methoxy groups -OCH3 is 1. The van der Waals surface area contributed by atoms with Crippen LogP contribution in [0, 0.1) is 12.8 Å². The number of hydrogen-bond donors (Lipinski definition) is 1. The van der Waals surface area contributed by atoms with E-state index in [1.807, 2.05) is 37.5 Å². The van der Waals surface area contributed by atoms with Crippen LogP contribution in [0.5, 0.6) is 0 Å². The molecule has 0 aromatic carbocycles. The molecule has 1 aliphatic rings. The van der Waals surface area contributed by atoms with E-state index in [9.17, 15) is 4.79 Å². The number of aryl methyl sites for hydroxylation is 2. The highest BCUT2D eigenvalue weighted by Crippen LogP contribution is 2.37. The van der Waals surface area contributed by atoms with E-state index < -0.39 is 0 Å². The van der Waals surface area contributed by atoms with Gasteiger partial charge < -0.3 is 15.0 Å². The van der Waals surface area contributed by atoms with E-state index in [0.717, 1.165) is 23.7 Å². The molecule has 2 aromatic rings. The predicted octanol–water partition coefficient (Wildman–Crippen LogP) is 1.51. The molecule has 1 aliphatic heterocycles. The number of nitrogens with zero attached hydrogens (tertiary/aromatic N) is 4. The van der Waals surface area contributed by atoms with Crippen molar-refractivity contribution in [1.82, 2.24) is 25.0 Å². The maximum atomic E-state index is 12.5. The fourth-order valence-electron chi connectivity index (χ4n) is 3.41. The third-order valence-electron chi connectivity index (χ3n) is 4.52. The van der Waals surface area contributed by atoms with Gasteiger partial charge in [-0.05, 0) is 6.92 Å². The topological polar surface area (TPSA) is 72.3 Å². The quantitative estimate of drug-likeness (QED) is 0.770. The first-order valence-electron chi connectivity index (χ1n) is 8.47. The lowest BCUT2D eigenvalue weighted by molar-refractivity contribution is -0.129. The SMILES string of the molecule is COCCN1C(=O)C[C@@H](CNCc2cnc(C)s2)[C@@H]1c1cnn(C)c1. The molecule has 3 rings (SSSR count). The largest absolute Gasteiger partial charge is 0.383 e. The van der Waals surface area contributed by atoms with Gasteiger partial charge in [0.05, 0.1) is 23.9 Å². The minimum absolute atomic E-state index is 0.0482. The molecule has 1 N–H and O–H groups in total. The van der Waals surface area contributed by atoms with Crippen molar-refractivity contribution in [1.29, 1.82) is 0 Å². The molecule has 0 saturated carbocycles. The number of carbonyl (C=O) groups excluding carboxylic acids is 1. The van der Waals surface area contributed by atoms with Crippen LogP contribution in [0.1, 0.15) is 27.9 Å². The van der Waals surface area contributed by atoms with Crippen molar-refractivity contribution in [2.45, 2.75) is 25.9 Å². The summed E-state index contributed by atoms with van der Waals surface area (Å²) < 4.78 is 6.97. The van der Waals surface area contributed by atoms with Crippen LogP contribution in [-0.4, -0.2) is 52.4 Å². The molecule has 8 heteroatoms. The van der Waals surface area contributed by atoms with Crippen LogP contribution in [0.4, 0.5) is 0 Å². The monoisotopic (exact) mass is 363 g/mol. The summed E-state index contributed by atoms with van der Waals surface area (Å²) in [7, 11) is 3.56. The van der Waals surface area contributed by atoms with E-state index in [1.54, 1.807) is 23.1 Å². The number of carbonyl (C=O) groups is 1. The van der Waals surface area contributed by atoms with E-state index in [2.05, 4.69) is 15.4 Å². The zero-order valence-electron chi connectivity index (χ0n) is 14.9. The first kappa shape index (κ1) is 18.0. The lowest BCUT2D eigenvalue weighted by atomic mass is 9.95. The standard InChI is InChI=1S/C17H25N5O2S/c1-12-19-10-15(25-12)9-18-7-13-6-16(23)22(4-5-24-3)17(13)14-8-20-21(2)11-14/h8,10-11,13,17-18H,4-7,9H2,1-3H3/t13-,17+/m0/s1. The highest BCUT2D eigenvalue weighted by molar-refractivity contribution is 7.11. The first-order chi connectivity index (χ1) is 12.1. The molecule has 136 valence electrons. The molecule has 1 amide bonds. The third kappa shape index (κ3) is 4.26. The Hall–Kier alpha value is -1.77. The summed E-state index contributed by atoms with van der Waals surface area (Å²) in [6, 6.07) is 0.0482. The lowest BCUT2D eigenvalue weighted by Gasteiger charge is -2.27. The molecule has 2 atom stereocenters. The van der Waals surface area contributed by atoms with Crippen LogP contribution >= 0.6 is 11.3 Å².